The largest absolute Gasteiger partial charge is 0.398 e. The van der Waals surface area contributed by atoms with Crippen LogP contribution in [-0.4, -0.2) is 7.05 Å². The van der Waals surface area contributed by atoms with Crippen LogP contribution in [0.4, 0.5) is 11.4 Å². The summed E-state index contributed by atoms with van der Waals surface area (Å²) in [6, 6.07) is 17.8. The van der Waals surface area contributed by atoms with Gasteiger partial charge in [0.15, 0.2) is 0 Å². The van der Waals surface area contributed by atoms with Crippen LogP contribution in [0.1, 0.15) is 11.1 Å². The van der Waals surface area contributed by atoms with E-state index in [2.05, 4.69) is 23.1 Å². The minimum absolute atomic E-state index is 0.520. The molecule has 0 fully saturated rings. The maximum Gasteiger partial charge on any atom is 0.101 e. The summed E-state index contributed by atoms with van der Waals surface area (Å²) in [6.45, 7) is 0.812. The highest BCUT2D eigenvalue weighted by molar-refractivity contribution is 5.63. The standard InChI is InChI=1S/C15H15N3/c1-18(11-12-5-3-2-4-6-12)14-8-7-13(10-16)15(17)9-14/h2-9H,11,17H2,1H3. The smallest absolute Gasteiger partial charge is 0.101 e. The van der Waals surface area contributed by atoms with Crippen molar-refractivity contribution in [1.82, 2.24) is 0 Å². The average molecular weight is 237 g/mol. The monoisotopic (exact) mass is 237 g/mol. The Bertz CT molecular complexity index is 570. The Morgan fingerprint density at radius 1 is 1.17 bits per heavy atom. The Hall–Kier alpha value is -2.47. The van der Waals surface area contributed by atoms with E-state index in [-0.39, 0.29) is 0 Å². The van der Waals surface area contributed by atoms with Gasteiger partial charge in [-0.1, -0.05) is 30.3 Å². The number of hydrogen-bond donors (Lipinski definition) is 1. The quantitative estimate of drug-likeness (QED) is 0.835. The van der Waals surface area contributed by atoms with Crippen LogP contribution < -0.4 is 10.6 Å². The lowest BCUT2D eigenvalue weighted by Crippen LogP contribution is -2.16. The van der Waals surface area contributed by atoms with E-state index in [1.807, 2.05) is 37.4 Å². The first-order chi connectivity index (χ1) is 8.70. The van der Waals surface area contributed by atoms with E-state index in [1.54, 1.807) is 6.07 Å². The van der Waals surface area contributed by atoms with Crippen LogP contribution in [0.2, 0.25) is 0 Å². The molecule has 0 radical (unpaired) electrons. The molecule has 2 N–H and O–H groups in total. The lowest BCUT2D eigenvalue weighted by Gasteiger charge is -2.20. The van der Waals surface area contributed by atoms with Gasteiger partial charge in [-0.15, -0.1) is 0 Å². The molecule has 2 rings (SSSR count). The van der Waals surface area contributed by atoms with Gasteiger partial charge in [0, 0.05) is 19.3 Å². The van der Waals surface area contributed by atoms with E-state index in [9.17, 15) is 0 Å². The van der Waals surface area contributed by atoms with Gasteiger partial charge in [0.1, 0.15) is 6.07 Å². The fourth-order valence-corrected chi connectivity index (χ4v) is 1.84. The molecule has 3 heteroatoms. The molecule has 0 aliphatic heterocycles. The molecule has 0 heterocycles. The number of nitriles is 1. The second kappa shape index (κ2) is 5.24. The topological polar surface area (TPSA) is 53.0 Å². The molecule has 0 unspecified atom stereocenters. The molecule has 0 amide bonds. The number of hydrogen-bond acceptors (Lipinski definition) is 3. The minimum atomic E-state index is 0.520. The van der Waals surface area contributed by atoms with Gasteiger partial charge >= 0.3 is 0 Å². The molecule has 0 aliphatic carbocycles. The molecule has 0 spiro atoms. The third kappa shape index (κ3) is 2.61. The van der Waals surface area contributed by atoms with E-state index < -0.39 is 0 Å². The van der Waals surface area contributed by atoms with Crippen LogP contribution in [0.3, 0.4) is 0 Å². The maximum absolute atomic E-state index is 8.84. The first kappa shape index (κ1) is 12.0. The zero-order chi connectivity index (χ0) is 13.0. The Morgan fingerprint density at radius 3 is 2.50 bits per heavy atom. The van der Waals surface area contributed by atoms with Crippen LogP contribution in [0, 0.1) is 11.3 Å². The zero-order valence-electron chi connectivity index (χ0n) is 10.3. The lowest BCUT2D eigenvalue weighted by molar-refractivity contribution is 0.923. The van der Waals surface area contributed by atoms with Crippen LogP contribution in [0.15, 0.2) is 48.5 Å². The summed E-state index contributed by atoms with van der Waals surface area (Å²) < 4.78 is 0. The van der Waals surface area contributed by atoms with Crippen molar-refractivity contribution < 1.29 is 0 Å². The van der Waals surface area contributed by atoms with Crippen LogP contribution in [0.5, 0.6) is 0 Å². The van der Waals surface area contributed by atoms with Crippen LogP contribution >= 0.6 is 0 Å². The van der Waals surface area contributed by atoms with Gasteiger partial charge in [0.05, 0.1) is 11.3 Å². The predicted molar refractivity (Wildman–Crippen MR) is 74.1 cm³/mol. The Kier molecular flexibility index (Phi) is 3.49. The van der Waals surface area contributed by atoms with Crippen molar-refractivity contribution >= 4 is 11.4 Å². The highest BCUT2D eigenvalue weighted by atomic mass is 15.1. The molecule has 2 aromatic rings. The molecule has 0 saturated carbocycles. The average Bonchev–Trinajstić information content (AvgIpc) is 2.39. The van der Waals surface area contributed by atoms with E-state index in [0.717, 1.165) is 12.2 Å². The predicted octanol–water partition coefficient (Wildman–Crippen LogP) is 2.78. The van der Waals surface area contributed by atoms with Gasteiger partial charge < -0.3 is 10.6 Å². The Balaban J connectivity index is 2.17. The molecule has 2 aromatic carbocycles. The van der Waals surface area contributed by atoms with E-state index in [0.29, 0.717) is 11.3 Å². The number of benzene rings is 2. The Labute approximate surface area is 107 Å². The lowest BCUT2D eigenvalue weighted by atomic mass is 10.1. The fourth-order valence-electron chi connectivity index (χ4n) is 1.84. The zero-order valence-corrected chi connectivity index (χ0v) is 10.3. The van der Waals surface area contributed by atoms with Crippen molar-refractivity contribution in [2.24, 2.45) is 0 Å². The summed E-state index contributed by atoms with van der Waals surface area (Å²) in [5, 5.41) is 8.84. The van der Waals surface area contributed by atoms with Crippen LogP contribution in [-0.2, 0) is 6.54 Å². The SMILES string of the molecule is CN(Cc1ccccc1)c1ccc(C#N)c(N)c1. The Morgan fingerprint density at radius 2 is 1.89 bits per heavy atom. The summed E-state index contributed by atoms with van der Waals surface area (Å²) in [5.74, 6) is 0. The highest BCUT2D eigenvalue weighted by Crippen LogP contribution is 2.21. The third-order valence-corrected chi connectivity index (χ3v) is 2.86. The molecule has 90 valence electrons. The number of nitrogens with zero attached hydrogens (tertiary/aromatic N) is 2. The van der Waals surface area contributed by atoms with Gasteiger partial charge in [0.25, 0.3) is 0 Å². The summed E-state index contributed by atoms with van der Waals surface area (Å²) >= 11 is 0. The molecule has 0 atom stereocenters. The number of nitrogen functional groups attached to an aromatic ring is 1. The highest BCUT2D eigenvalue weighted by Gasteiger charge is 2.05. The van der Waals surface area contributed by atoms with Crippen molar-refractivity contribution in [3.63, 3.8) is 0 Å². The second-order valence-corrected chi connectivity index (χ2v) is 4.23. The van der Waals surface area contributed by atoms with Crippen molar-refractivity contribution in [3.8, 4) is 6.07 Å². The molecule has 0 aliphatic rings. The van der Waals surface area contributed by atoms with Crippen molar-refractivity contribution in [2.45, 2.75) is 6.54 Å². The van der Waals surface area contributed by atoms with Gasteiger partial charge in [-0.05, 0) is 23.8 Å². The second-order valence-electron chi connectivity index (χ2n) is 4.23. The minimum Gasteiger partial charge on any atom is -0.398 e. The summed E-state index contributed by atoms with van der Waals surface area (Å²) in [7, 11) is 2.01. The third-order valence-electron chi connectivity index (χ3n) is 2.86. The molecular formula is C15H15N3. The number of anilines is 2. The first-order valence-electron chi connectivity index (χ1n) is 5.75. The van der Waals surface area contributed by atoms with Crippen molar-refractivity contribution in [1.29, 1.82) is 5.26 Å². The normalized spacial score (nSPS) is 9.78. The number of rotatable bonds is 3. The molecule has 0 saturated heterocycles. The van der Waals surface area contributed by atoms with Crippen molar-refractivity contribution in [3.05, 3.63) is 59.7 Å². The van der Waals surface area contributed by atoms with E-state index in [4.69, 9.17) is 11.0 Å². The molecule has 0 aromatic heterocycles. The van der Waals surface area contributed by atoms with Gasteiger partial charge in [-0.2, -0.15) is 5.26 Å². The van der Waals surface area contributed by atoms with Gasteiger partial charge in [-0.25, -0.2) is 0 Å². The van der Waals surface area contributed by atoms with Crippen molar-refractivity contribution in [2.75, 3.05) is 17.7 Å². The fraction of sp³-hybridized carbons (Fsp3) is 0.133. The van der Waals surface area contributed by atoms with Gasteiger partial charge in [0.2, 0.25) is 0 Å². The van der Waals surface area contributed by atoms with E-state index >= 15 is 0 Å². The maximum atomic E-state index is 8.84. The molecule has 3 nitrogen and oxygen atoms in total. The summed E-state index contributed by atoms with van der Waals surface area (Å²) in [5.41, 5.74) is 9.11. The molecule has 0 bridgehead atoms. The summed E-state index contributed by atoms with van der Waals surface area (Å²) in [4.78, 5) is 2.10. The summed E-state index contributed by atoms with van der Waals surface area (Å²) in [6.07, 6.45) is 0. The van der Waals surface area contributed by atoms with Crippen LogP contribution in [0.25, 0.3) is 0 Å². The molecular weight excluding hydrogens is 222 g/mol. The first-order valence-corrected chi connectivity index (χ1v) is 5.75. The molecule has 18 heavy (non-hydrogen) atoms. The van der Waals surface area contributed by atoms with Gasteiger partial charge in [-0.3, -0.25) is 0 Å². The number of nitrogens with two attached hydrogens (primary N) is 1. The van der Waals surface area contributed by atoms with E-state index in [1.165, 1.54) is 5.56 Å².